The molecule has 84 valence electrons. The Morgan fingerprint density at radius 3 is 2.75 bits per heavy atom. The molecule has 0 bridgehead atoms. The van der Waals surface area contributed by atoms with E-state index < -0.39 is 5.41 Å². The van der Waals surface area contributed by atoms with Gasteiger partial charge in [-0.05, 0) is 37.0 Å². The molecule has 1 aromatic rings. The average Bonchev–Trinajstić information content (AvgIpc) is 2.22. The average molecular weight is 217 g/mol. The third kappa shape index (κ3) is 1.66. The number of phenolic OH excluding ortho intramolecular Hbond substituents is 1. The number of methoxy groups -OCH3 is 1. The molecular weight excluding hydrogens is 202 g/mol. The van der Waals surface area contributed by atoms with Crippen LogP contribution in [0, 0.1) is 11.3 Å². The molecule has 1 saturated carbocycles. The molecule has 3 heteroatoms. The second kappa shape index (κ2) is 4.15. The maximum Gasteiger partial charge on any atom is 0.120 e. The maximum absolute atomic E-state index is 9.84. The van der Waals surface area contributed by atoms with E-state index in [1.807, 2.05) is 12.1 Å². The van der Waals surface area contributed by atoms with Gasteiger partial charge < -0.3 is 9.84 Å². The Hall–Kier alpha value is -1.53. The summed E-state index contributed by atoms with van der Waals surface area (Å²) in [5, 5.41) is 19.1. The number of ether oxygens (including phenoxy) is 1. The van der Waals surface area contributed by atoms with Gasteiger partial charge in [-0.1, -0.05) is 6.07 Å². The summed E-state index contributed by atoms with van der Waals surface area (Å²) in [6, 6.07) is 7.71. The fourth-order valence-electron chi connectivity index (χ4n) is 2.19. The van der Waals surface area contributed by atoms with Crippen molar-refractivity contribution in [3.8, 4) is 11.8 Å². The van der Waals surface area contributed by atoms with E-state index in [1.54, 1.807) is 13.2 Å². The first-order chi connectivity index (χ1) is 7.72. The molecule has 16 heavy (non-hydrogen) atoms. The van der Waals surface area contributed by atoms with Gasteiger partial charge in [-0.2, -0.15) is 5.26 Å². The van der Waals surface area contributed by atoms with Crippen molar-refractivity contribution in [2.24, 2.45) is 0 Å². The lowest BCUT2D eigenvalue weighted by molar-refractivity contribution is 0.184. The molecule has 1 N–H and O–H groups in total. The molecule has 1 aliphatic rings. The van der Waals surface area contributed by atoms with Crippen molar-refractivity contribution in [3.63, 3.8) is 0 Å². The van der Waals surface area contributed by atoms with E-state index >= 15 is 0 Å². The molecule has 0 amide bonds. The molecule has 0 aliphatic heterocycles. The predicted octanol–water partition coefficient (Wildman–Crippen LogP) is 2.48. The van der Waals surface area contributed by atoms with E-state index in [4.69, 9.17) is 4.74 Å². The molecule has 3 nitrogen and oxygen atoms in total. The van der Waals surface area contributed by atoms with Crippen molar-refractivity contribution in [2.45, 2.75) is 31.3 Å². The molecule has 1 aliphatic carbocycles. The minimum Gasteiger partial charge on any atom is -0.508 e. The zero-order chi connectivity index (χ0) is 11.6. The van der Waals surface area contributed by atoms with Gasteiger partial charge in [-0.25, -0.2) is 0 Å². The molecule has 0 atom stereocenters. The van der Waals surface area contributed by atoms with E-state index in [1.165, 1.54) is 0 Å². The molecule has 2 rings (SSSR count). The van der Waals surface area contributed by atoms with Crippen molar-refractivity contribution in [3.05, 3.63) is 29.3 Å². The largest absolute Gasteiger partial charge is 0.508 e. The lowest BCUT2D eigenvalue weighted by Gasteiger charge is -2.36. The van der Waals surface area contributed by atoms with Crippen LogP contribution in [-0.4, -0.2) is 12.2 Å². The van der Waals surface area contributed by atoms with Crippen LogP contribution in [0.3, 0.4) is 0 Å². The van der Waals surface area contributed by atoms with Gasteiger partial charge in [-0.15, -0.1) is 0 Å². The van der Waals surface area contributed by atoms with Crippen molar-refractivity contribution in [1.82, 2.24) is 0 Å². The lowest BCUT2D eigenvalue weighted by Crippen LogP contribution is -2.32. The first-order valence-corrected chi connectivity index (χ1v) is 5.44. The van der Waals surface area contributed by atoms with Gasteiger partial charge in [0, 0.05) is 12.7 Å². The Balaban J connectivity index is 2.39. The Bertz CT molecular complexity index is 430. The highest BCUT2D eigenvalue weighted by Crippen LogP contribution is 2.46. The van der Waals surface area contributed by atoms with E-state index in [0.29, 0.717) is 6.61 Å². The molecule has 0 aromatic heterocycles. The summed E-state index contributed by atoms with van der Waals surface area (Å²) in [6.45, 7) is 0.509. The number of hydrogen-bond donors (Lipinski definition) is 1. The van der Waals surface area contributed by atoms with Crippen LogP contribution in [0.15, 0.2) is 18.2 Å². The predicted molar refractivity (Wildman–Crippen MR) is 60.0 cm³/mol. The number of nitriles is 1. The van der Waals surface area contributed by atoms with Crippen LogP contribution in [-0.2, 0) is 16.8 Å². The van der Waals surface area contributed by atoms with E-state index in [2.05, 4.69) is 6.07 Å². The summed E-state index contributed by atoms with van der Waals surface area (Å²) in [5.74, 6) is 0.223. The maximum atomic E-state index is 9.84. The van der Waals surface area contributed by atoms with Gasteiger partial charge in [-0.3, -0.25) is 0 Å². The molecule has 0 unspecified atom stereocenters. The van der Waals surface area contributed by atoms with Gasteiger partial charge in [0.1, 0.15) is 5.75 Å². The summed E-state index contributed by atoms with van der Waals surface area (Å²) in [4.78, 5) is 0. The van der Waals surface area contributed by atoms with Crippen LogP contribution in [0.25, 0.3) is 0 Å². The lowest BCUT2D eigenvalue weighted by atomic mass is 9.65. The van der Waals surface area contributed by atoms with Gasteiger partial charge in [0.2, 0.25) is 0 Å². The van der Waals surface area contributed by atoms with Gasteiger partial charge in [0.25, 0.3) is 0 Å². The van der Waals surface area contributed by atoms with Gasteiger partial charge in [0.05, 0.1) is 18.1 Å². The number of benzene rings is 1. The molecule has 1 fully saturated rings. The molecule has 0 radical (unpaired) electrons. The molecule has 0 spiro atoms. The first-order valence-electron chi connectivity index (χ1n) is 5.44. The highest BCUT2D eigenvalue weighted by atomic mass is 16.5. The molecule has 0 heterocycles. The number of nitrogens with zero attached hydrogens (tertiary/aromatic N) is 1. The van der Waals surface area contributed by atoms with Crippen LogP contribution in [0.5, 0.6) is 5.75 Å². The molecule has 0 saturated heterocycles. The minimum atomic E-state index is -0.464. The number of aromatic hydroxyl groups is 1. The molecule has 1 aromatic carbocycles. The number of phenols is 1. The fraction of sp³-hybridized carbons (Fsp3) is 0.462. The number of rotatable bonds is 3. The van der Waals surface area contributed by atoms with Crippen LogP contribution in [0.1, 0.15) is 30.4 Å². The zero-order valence-electron chi connectivity index (χ0n) is 9.36. The Labute approximate surface area is 95.3 Å². The van der Waals surface area contributed by atoms with Crippen LogP contribution < -0.4 is 0 Å². The minimum absolute atomic E-state index is 0.223. The van der Waals surface area contributed by atoms with E-state index in [9.17, 15) is 10.4 Å². The highest BCUT2D eigenvalue weighted by Gasteiger charge is 2.40. The Kier molecular flexibility index (Phi) is 2.84. The van der Waals surface area contributed by atoms with Crippen LogP contribution in [0.2, 0.25) is 0 Å². The Morgan fingerprint density at radius 2 is 2.25 bits per heavy atom. The standard InChI is InChI=1S/C13H15NO2/c1-16-8-10-3-4-12(15)11(7-10)13(9-14)5-2-6-13/h3-4,7,15H,2,5-6,8H2,1H3. The van der Waals surface area contributed by atoms with E-state index in [-0.39, 0.29) is 5.75 Å². The smallest absolute Gasteiger partial charge is 0.120 e. The summed E-state index contributed by atoms with van der Waals surface area (Å²) in [7, 11) is 1.63. The van der Waals surface area contributed by atoms with Gasteiger partial charge in [0.15, 0.2) is 0 Å². The summed E-state index contributed by atoms with van der Waals surface area (Å²) in [6.07, 6.45) is 2.74. The van der Waals surface area contributed by atoms with Crippen molar-refractivity contribution in [1.29, 1.82) is 5.26 Å². The summed E-state index contributed by atoms with van der Waals surface area (Å²) >= 11 is 0. The fourth-order valence-corrected chi connectivity index (χ4v) is 2.19. The number of hydrogen-bond acceptors (Lipinski definition) is 3. The second-order valence-electron chi connectivity index (χ2n) is 4.33. The van der Waals surface area contributed by atoms with Crippen molar-refractivity contribution < 1.29 is 9.84 Å². The van der Waals surface area contributed by atoms with Gasteiger partial charge >= 0.3 is 0 Å². The monoisotopic (exact) mass is 217 g/mol. The SMILES string of the molecule is COCc1ccc(O)c(C2(C#N)CCC2)c1. The van der Waals surface area contributed by atoms with Crippen LogP contribution >= 0.6 is 0 Å². The Morgan fingerprint density at radius 1 is 1.50 bits per heavy atom. The van der Waals surface area contributed by atoms with Crippen molar-refractivity contribution >= 4 is 0 Å². The van der Waals surface area contributed by atoms with Crippen molar-refractivity contribution in [2.75, 3.05) is 7.11 Å². The topological polar surface area (TPSA) is 53.2 Å². The zero-order valence-corrected chi connectivity index (χ0v) is 9.36. The van der Waals surface area contributed by atoms with E-state index in [0.717, 1.165) is 30.4 Å². The molecular formula is C13H15NO2. The third-order valence-electron chi connectivity index (χ3n) is 3.31. The summed E-state index contributed by atoms with van der Waals surface area (Å²) in [5.41, 5.74) is 1.29. The first kappa shape index (κ1) is 11.0. The third-order valence-corrected chi connectivity index (χ3v) is 3.31. The highest BCUT2D eigenvalue weighted by molar-refractivity contribution is 5.46. The normalized spacial score (nSPS) is 17.5. The summed E-state index contributed by atoms with van der Waals surface area (Å²) < 4.78 is 5.06. The quantitative estimate of drug-likeness (QED) is 0.846. The van der Waals surface area contributed by atoms with Crippen LogP contribution in [0.4, 0.5) is 0 Å². The second-order valence-corrected chi connectivity index (χ2v) is 4.33.